The lowest BCUT2D eigenvalue weighted by molar-refractivity contribution is -0.119. The highest BCUT2D eigenvalue weighted by molar-refractivity contribution is 9.10. The van der Waals surface area contributed by atoms with Gasteiger partial charge < -0.3 is 9.13 Å². The standard InChI is InChI=1S/C16H17BrN4O3S/c1-25(23,24)19-16(22)4-6-21-10-12(9-20-7-5-18-11-20)14-8-13(17)2-3-15(14)21/h2-3,5,7-8,10-11H,4,6,9H2,1H3,(H,19,22). The fourth-order valence-corrected chi connectivity index (χ4v) is 3.59. The third-order valence-electron chi connectivity index (χ3n) is 3.72. The van der Waals surface area contributed by atoms with Crippen molar-refractivity contribution < 1.29 is 13.2 Å². The number of imidazole rings is 1. The molecule has 2 heterocycles. The van der Waals surface area contributed by atoms with E-state index in [9.17, 15) is 13.2 Å². The highest BCUT2D eigenvalue weighted by Gasteiger charge is 2.12. The first kappa shape index (κ1) is 17.7. The van der Waals surface area contributed by atoms with E-state index in [0.717, 1.165) is 27.2 Å². The molecule has 0 spiro atoms. The van der Waals surface area contributed by atoms with Gasteiger partial charge in [-0.2, -0.15) is 0 Å². The topological polar surface area (TPSA) is 86.0 Å². The summed E-state index contributed by atoms with van der Waals surface area (Å²) in [5.74, 6) is -0.516. The molecule has 0 atom stereocenters. The molecule has 0 saturated heterocycles. The third-order valence-corrected chi connectivity index (χ3v) is 4.81. The fraction of sp³-hybridized carbons (Fsp3) is 0.250. The molecule has 25 heavy (non-hydrogen) atoms. The molecule has 7 nitrogen and oxygen atoms in total. The fourth-order valence-electron chi connectivity index (χ4n) is 2.71. The van der Waals surface area contributed by atoms with Crippen LogP contribution >= 0.6 is 15.9 Å². The first-order valence-electron chi connectivity index (χ1n) is 7.55. The number of rotatable bonds is 6. The minimum absolute atomic E-state index is 0.0808. The molecule has 9 heteroatoms. The van der Waals surface area contributed by atoms with Crippen LogP contribution in [0.3, 0.4) is 0 Å². The Morgan fingerprint density at radius 1 is 1.36 bits per heavy atom. The largest absolute Gasteiger partial charge is 0.347 e. The van der Waals surface area contributed by atoms with Gasteiger partial charge in [-0.15, -0.1) is 0 Å². The molecular weight excluding hydrogens is 408 g/mol. The van der Waals surface area contributed by atoms with Crippen molar-refractivity contribution in [3.05, 3.63) is 53.2 Å². The number of nitrogens with one attached hydrogen (secondary N) is 1. The summed E-state index contributed by atoms with van der Waals surface area (Å²) >= 11 is 3.49. The zero-order chi connectivity index (χ0) is 18.0. The van der Waals surface area contributed by atoms with Crippen LogP contribution in [0.5, 0.6) is 0 Å². The molecule has 3 aromatic rings. The predicted molar refractivity (Wildman–Crippen MR) is 98.6 cm³/mol. The summed E-state index contributed by atoms with van der Waals surface area (Å²) in [6, 6.07) is 5.95. The van der Waals surface area contributed by atoms with Crippen molar-refractivity contribution in [3.63, 3.8) is 0 Å². The number of fused-ring (bicyclic) bond motifs is 1. The molecule has 1 amide bonds. The first-order chi connectivity index (χ1) is 11.8. The van der Waals surface area contributed by atoms with Crippen LogP contribution in [0.15, 0.2) is 47.6 Å². The number of nitrogens with zero attached hydrogens (tertiary/aromatic N) is 3. The van der Waals surface area contributed by atoms with E-state index in [2.05, 4.69) is 20.9 Å². The Labute approximate surface area is 153 Å². The smallest absolute Gasteiger partial charge is 0.235 e. The molecule has 0 unspecified atom stereocenters. The summed E-state index contributed by atoms with van der Waals surface area (Å²) in [7, 11) is -3.53. The summed E-state index contributed by atoms with van der Waals surface area (Å²) in [5.41, 5.74) is 2.09. The highest BCUT2D eigenvalue weighted by Crippen LogP contribution is 2.26. The van der Waals surface area contributed by atoms with Gasteiger partial charge in [0.05, 0.1) is 19.1 Å². The summed E-state index contributed by atoms with van der Waals surface area (Å²) in [6.45, 7) is 1.05. The van der Waals surface area contributed by atoms with Crippen molar-refractivity contribution in [3.8, 4) is 0 Å². The van der Waals surface area contributed by atoms with Crippen LogP contribution in [-0.2, 0) is 27.9 Å². The van der Waals surface area contributed by atoms with E-state index in [1.165, 1.54) is 0 Å². The molecule has 1 aromatic carbocycles. The van der Waals surface area contributed by atoms with Gasteiger partial charge in [0, 0.05) is 46.9 Å². The minimum atomic E-state index is -3.53. The van der Waals surface area contributed by atoms with Gasteiger partial charge in [0.25, 0.3) is 0 Å². The van der Waals surface area contributed by atoms with Crippen LogP contribution in [0.1, 0.15) is 12.0 Å². The molecule has 2 aromatic heterocycles. The van der Waals surface area contributed by atoms with E-state index < -0.39 is 15.9 Å². The maximum Gasteiger partial charge on any atom is 0.235 e. The van der Waals surface area contributed by atoms with E-state index in [0.29, 0.717) is 13.1 Å². The molecule has 132 valence electrons. The van der Waals surface area contributed by atoms with Crippen molar-refractivity contribution >= 4 is 42.8 Å². The highest BCUT2D eigenvalue weighted by atomic mass is 79.9. The summed E-state index contributed by atoms with van der Waals surface area (Å²) < 4.78 is 29.2. The Morgan fingerprint density at radius 3 is 2.84 bits per heavy atom. The lowest BCUT2D eigenvalue weighted by Crippen LogP contribution is -2.29. The van der Waals surface area contributed by atoms with Crippen molar-refractivity contribution in [1.82, 2.24) is 18.8 Å². The molecule has 0 bridgehead atoms. The Bertz CT molecular complexity index is 1010. The van der Waals surface area contributed by atoms with Crippen LogP contribution in [-0.4, -0.2) is 34.7 Å². The number of hydrogen-bond acceptors (Lipinski definition) is 4. The van der Waals surface area contributed by atoms with Gasteiger partial charge in [0.2, 0.25) is 15.9 Å². The van der Waals surface area contributed by atoms with Gasteiger partial charge >= 0.3 is 0 Å². The molecule has 0 aliphatic rings. The lowest BCUT2D eigenvalue weighted by atomic mass is 10.2. The molecule has 0 aliphatic heterocycles. The zero-order valence-electron chi connectivity index (χ0n) is 13.5. The molecule has 0 radical (unpaired) electrons. The van der Waals surface area contributed by atoms with Crippen molar-refractivity contribution in [1.29, 1.82) is 0 Å². The summed E-state index contributed by atoms with van der Waals surface area (Å²) in [6.07, 6.45) is 8.41. The average Bonchev–Trinajstić information content (AvgIpc) is 3.12. The molecular formula is C16H17BrN4O3S. The quantitative estimate of drug-likeness (QED) is 0.656. The Morgan fingerprint density at radius 2 is 2.16 bits per heavy atom. The number of aryl methyl sites for hydroxylation is 1. The second-order valence-corrected chi connectivity index (χ2v) is 8.46. The maximum atomic E-state index is 11.8. The van der Waals surface area contributed by atoms with Crippen molar-refractivity contribution in [2.75, 3.05) is 6.26 Å². The van der Waals surface area contributed by atoms with Crippen molar-refractivity contribution in [2.24, 2.45) is 0 Å². The van der Waals surface area contributed by atoms with Gasteiger partial charge in [-0.1, -0.05) is 15.9 Å². The number of aromatic nitrogens is 3. The Hall–Kier alpha value is -2.13. The summed E-state index contributed by atoms with van der Waals surface area (Å²) in [4.78, 5) is 15.8. The zero-order valence-corrected chi connectivity index (χ0v) is 15.9. The number of hydrogen-bond donors (Lipinski definition) is 1. The van der Waals surface area contributed by atoms with E-state index in [1.54, 1.807) is 12.5 Å². The molecule has 0 saturated carbocycles. The lowest BCUT2D eigenvalue weighted by Gasteiger charge is -2.06. The summed E-state index contributed by atoms with van der Waals surface area (Å²) in [5, 5.41) is 1.08. The van der Waals surface area contributed by atoms with Gasteiger partial charge in [-0.05, 0) is 23.8 Å². The number of sulfonamides is 1. The van der Waals surface area contributed by atoms with Gasteiger partial charge in [-0.25, -0.2) is 13.4 Å². The SMILES string of the molecule is CS(=O)(=O)NC(=O)CCn1cc(Cn2ccnc2)c2cc(Br)ccc21. The second-order valence-electron chi connectivity index (χ2n) is 5.79. The molecule has 0 fully saturated rings. The van der Waals surface area contributed by atoms with Gasteiger partial charge in [0.1, 0.15) is 0 Å². The molecule has 3 rings (SSSR count). The second kappa shape index (κ2) is 7.01. The van der Waals surface area contributed by atoms with Crippen molar-refractivity contribution in [2.45, 2.75) is 19.5 Å². The number of halogens is 1. The number of benzene rings is 1. The Balaban J connectivity index is 1.86. The van der Waals surface area contributed by atoms with Crippen LogP contribution < -0.4 is 4.72 Å². The number of carbonyl (C=O) groups is 1. The number of amides is 1. The van der Waals surface area contributed by atoms with E-state index >= 15 is 0 Å². The van der Waals surface area contributed by atoms with E-state index in [4.69, 9.17) is 0 Å². The first-order valence-corrected chi connectivity index (χ1v) is 10.2. The van der Waals surface area contributed by atoms with Gasteiger partial charge in [0.15, 0.2) is 0 Å². The van der Waals surface area contributed by atoms with Crippen LogP contribution in [0, 0.1) is 0 Å². The van der Waals surface area contributed by atoms with E-state index in [1.807, 2.05) is 44.4 Å². The third kappa shape index (κ3) is 4.49. The van der Waals surface area contributed by atoms with Crippen LogP contribution in [0.4, 0.5) is 0 Å². The predicted octanol–water partition coefficient (Wildman–Crippen LogP) is 2.11. The molecule has 0 aliphatic carbocycles. The number of carbonyl (C=O) groups excluding carboxylic acids is 1. The monoisotopic (exact) mass is 424 g/mol. The van der Waals surface area contributed by atoms with Crippen LogP contribution in [0.2, 0.25) is 0 Å². The maximum absolute atomic E-state index is 11.8. The average molecular weight is 425 g/mol. The van der Waals surface area contributed by atoms with Crippen LogP contribution in [0.25, 0.3) is 10.9 Å². The normalized spacial score (nSPS) is 11.8. The van der Waals surface area contributed by atoms with Gasteiger partial charge in [-0.3, -0.25) is 9.52 Å². The minimum Gasteiger partial charge on any atom is -0.347 e. The van der Waals surface area contributed by atoms with E-state index in [-0.39, 0.29) is 6.42 Å². The Kier molecular flexibility index (Phi) is 4.96. The molecule has 1 N–H and O–H groups in total.